The maximum absolute atomic E-state index is 13.6. The van der Waals surface area contributed by atoms with Crippen LogP contribution in [0.25, 0.3) is 0 Å². The number of halogens is 2. The molecule has 1 aromatic carbocycles. The average molecular weight is 291 g/mol. The lowest BCUT2D eigenvalue weighted by Gasteiger charge is -2.14. The predicted molar refractivity (Wildman–Crippen MR) is 60.2 cm³/mol. The summed E-state index contributed by atoms with van der Waals surface area (Å²) in [5.41, 5.74) is -0.166. The topological polar surface area (TPSA) is 49.7 Å². The van der Waals surface area contributed by atoms with Gasteiger partial charge in [-0.1, -0.05) is 0 Å². The first-order valence-electron chi connectivity index (χ1n) is 4.93. The number of rotatable bonds is 3. The molecule has 1 aromatic rings. The fourth-order valence-corrected chi connectivity index (χ4v) is 2.12. The Balaban J connectivity index is 2.43. The smallest absolute Gasteiger partial charge is 0.208 e. The highest BCUT2D eigenvalue weighted by molar-refractivity contribution is 9.10. The molecular formula is C11H12BrFO3. The Morgan fingerprint density at radius 1 is 1.56 bits per heavy atom. The van der Waals surface area contributed by atoms with E-state index in [1.807, 2.05) is 0 Å². The first-order valence-corrected chi connectivity index (χ1v) is 5.72. The minimum absolute atomic E-state index is 0.000949. The van der Waals surface area contributed by atoms with Crippen molar-refractivity contribution in [2.75, 3.05) is 7.11 Å². The summed E-state index contributed by atoms with van der Waals surface area (Å²) in [5.74, 6) is -1.26. The zero-order valence-electron chi connectivity index (χ0n) is 8.76. The van der Waals surface area contributed by atoms with Gasteiger partial charge in [0.25, 0.3) is 0 Å². The highest BCUT2D eigenvalue weighted by Gasteiger charge is 2.41. The Morgan fingerprint density at radius 2 is 2.19 bits per heavy atom. The fourth-order valence-electron chi connectivity index (χ4n) is 1.67. The summed E-state index contributed by atoms with van der Waals surface area (Å²) in [5, 5.41) is 19.2. The first-order chi connectivity index (χ1) is 7.47. The molecule has 2 rings (SSSR count). The Hall–Kier alpha value is -0.810. The van der Waals surface area contributed by atoms with Crippen molar-refractivity contribution in [2.24, 2.45) is 0 Å². The minimum atomic E-state index is -0.795. The van der Waals surface area contributed by atoms with Gasteiger partial charge in [-0.15, -0.1) is 0 Å². The van der Waals surface area contributed by atoms with E-state index >= 15 is 0 Å². The normalized spacial score (nSPS) is 17.2. The molecule has 0 saturated heterocycles. The van der Waals surface area contributed by atoms with E-state index in [1.54, 1.807) is 6.07 Å². The van der Waals surface area contributed by atoms with Crippen LogP contribution in [0.15, 0.2) is 10.5 Å². The molecule has 0 heterocycles. The number of phenolic OH excluding ortho intramolecular Hbond substituents is 1. The van der Waals surface area contributed by atoms with Crippen molar-refractivity contribution < 1.29 is 19.3 Å². The lowest BCUT2D eigenvalue weighted by Crippen LogP contribution is -2.12. The van der Waals surface area contributed by atoms with Crippen LogP contribution >= 0.6 is 15.9 Å². The molecule has 0 aliphatic heterocycles. The maximum Gasteiger partial charge on any atom is 0.208 e. The van der Waals surface area contributed by atoms with Gasteiger partial charge in [0.2, 0.25) is 5.82 Å². The van der Waals surface area contributed by atoms with Crippen LogP contribution < -0.4 is 4.74 Å². The van der Waals surface area contributed by atoms with Crippen LogP contribution in [0.4, 0.5) is 4.39 Å². The highest BCUT2D eigenvalue weighted by atomic mass is 79.9. The van der Waals surface area contributed by atoms with Gasteiger partial charge in [-0.25, -0.2) is 0 Å². The number of benzene rings is 1. The third kappa shape index (κ3) is 2.01. The van der Waals surface area contributed by atoms with E-state index in [4.69, 9.17) is 4.74 Å². The van der Waals surface area contributed by atoms with Gasteiger partial charge >= 0.3 is 0 Å². The monoisotopic (exact) mass is 290 g/mol. The van der Waals surface area contributed by atoms with Gasteiger partial charge in [0.1, 0.15) is 0 Å². The van der Waals surface area contributed by atoms with Crippen molar-refractivity contribution in [1.29, 1.82) is 0 Å². The van der Waals surface area contributed by atoms with Gasteiger partial charge in [0.05, 0.1) is 17.2 Å². The molecule has 2 N–H and O–H groups in total. The van der Waals surface area contributed by atoms with Crippen molar-refractivity contribution in [2.45, 2.75) is 24.9 Å². The summed E-state index contributed by atoms with van der Waals surface area (Å²) in [6, 6.07) is 1.58. The summed E-state index contributed by atoms with van der Waals surface area (Å²) in [7, 11) is 1.34. The third-order valence-corrected chi connectivity index (χ3v) is 3.38. The van der Waals surface area contributed by atoms with E-state index in [9.17, 15) is 14.6 Å². The first kappa shape index (κ1) is 11.7. The van der Waals surface area contributed by atoms with E-state index in [1.165, 1.54) is 7.11 Å². The van der Waals surface area contributed by atoms with Gasteiger partial charge in [-0.3, -0.25) is 0 Å². The Bertz CT molecular complexity index is 430. The predicted octanol–water partition coefficient (Wildman–Crippen LogP) is 2.37. The maximum atomic E-state index is 13.6. The zero-order valence-corrected chi connectivity index (χ0v) is 10.3. The van der Waals surface area contributed by atoms with E-state index in [-0.39, 0.29) is 10.2 Å². The summed E-state index contributed by atoms with van der Waals surface area (Å²) in [6.45, 7) is 0. The largest absolute Gasteiger partial charge is 0.504 e. The standard InChI is InChI=1S/C11H12BrFO3/c1-16-10-6(5-11(15)2-3-11)4-7(12)9(14)8(10)13/h4,14-15H,2-3,5H2,1H3. The summed E-state index contributed by atoms with van der Waals surface area (Å²) >= 11 is 3.06. The molecule has 88 valence electrons. The van der Waals surface area contributed by atoms with E-state index in [2.05, 4.69) is 15.9 Å². The SMILES string of the molecule is COc1c(CC2(O)CC2)cc(Br)c(O)c1F. The van der Waals surface area contributed by atoms with E-state index < -0.39 is 17.2 Å². The van der Waals surface area contributed by atoms with E-state index in [0.717, 1.165) is 12.8 Å². The van der Waals surface area contributed by atoms with Crippen LogP contribution in [0.1, 0.15) is 18.4 Å². The van der Waals surface area contributed by atoms with Gasteiger partial charge in [0.15, 0.2) is 11.5 Å². The molecule has 0 atom stereocenters. The quantitative estimate of drug-likeness (QED) is 0.899. The van der Waals surface area contributed by atoms with Crippen LogP contribution in [0, 0.1) is 5.82 Å². The second-order valence-corrected chi connectivity index (χ2v) is 4.97. The van der Waals surface area contributed by atoms with Crippen LogP contribution in [0.2, 0.25) is 0 Å². The molecule has 1 aliphatic rings. The van der Waals surface area contributed by atoms with Crippen LogP contribution in [-0.2, 0) is 6.42 Å². The van der Waals surface area contributed by atoms with Gasteiger partial charge in [0, 0.05) is 12.0 Å². The van der Waals surface area contributed by atoms with E-state index in [0.29, 0.717) is 12.0 Å². The molecule has 0 amide bonds. The number of ether oxygens (including phenoxy) is 1. The minimum Gasteiger partial charge on any atom is -0.504 e. The molecule has 3 nitrogen and oxygen atoms in total. The molecule has 16 heavy (non-hydrogen) atoms. The van der Waals surface area contributed by atoms with Crippen molar-refractivity contribution in [3.8, 4) is 11.5 Å². The number of methoxy groups -OCH3 is 1. The Kier molecular flexibility index (Phi) is 2.84. The Morgan fingerprint density at radius 3 is 2.69 bits per heavy atom. The van der Waals surface area contributed by atoms with Crippen molar-refractivity contribution in [3.63, 3.8) is 0 Å². The molecule has 5 heteroatoms. The zero-order chi connectivity index (χ0) is 11.9. The van der Waals surface area contributed by atoms with Gasteiger partial charge in [-0.05, 0) is 34.8 Å². The molecule has 0 aromatic heterocycles. The van der Waals surface area contributed by atoms with Crippen molar-refractivity contribution in [1.82, 2.24) is 0 Å². The summed E-state index contributed by atoms with van der Waals surface area (Å²) in [6.07, 6.45) is 1.78. The van der Waals surface area contributed by atoms with Crippen LogP contribution in [0.3, 0.4) is 0 Å². The number of hydrogen-bond acceptors (Lipinski definition) is 3. The third-order valence-electron chi connectivity index (χ3n) is 2.78. The lowest BCUT2D eigenvalue weighted by atomic mass is 10.0. The van der Waals surface area contributed by atoms with Gasteiger partial charge < -0.3 is 14.9 Å². The molecule has 0 spiro atoms. The van der Waals surface area contributed by atoms with Crippen molar-refractivity contribution >= 4 is 15.9 Å². The molecule has 0 radical (unpaired) electrons. The summed E-state index contributed by atoms with van der Waals surface area (Å²) < 4.78 is 18.8. The number of aromatic hydroxyl groups is 1. The molecule has 0 unspecified atom stereocenters. The highest BCUT2D eigenvalue weighted by Crippen LogP contribution is 2.43. The van der Waals surface area contributed by atoms with Crippen molar-refractivity contribution in [3.05, 3.63) is 21.9 Å². The second kappa shape index (κ2) is 3.89. The molecule has 1 saturated carbocycles. The number of hydrogen-bond donors (Lipinski definition) is 2. The van der Waals surface area contributed by atoms with Gasteiger partial charge in [-0.2, -0.15) is 4.39 Å². The molecule has 1 fully saturated rings. The second-order valence-electron chi connectivity index (χ2n) is 4.11. The lowest BCUT2D eigenvalue weighted by molar-refractivity contribution is 0.149. The average Bonchev–Trinajstić information content (AvgIpc) is 2.93. The van der Waals surface area contributed by atoms with Crippen LogP contribution in [-0.4, -0.2) is 22.9 Å². The summed E-state index contributed by atoms with van der Waals surface area (Å²) in [4.78, 5) is 0. The number of phenols is 1. The van der Waals surface area contributed by atoms with Crippen LogP contribution in [0.5, 0.6) is 11.5 Å². The molecule has 1 aliphatic carbocycles. The fraction of sp³-hybridized carbons (Fsp3) is 0.455. The Labute approximate surface area is 101 Å². The molecule has 0 bridgehead atoms. The molecular weight excluding hydrogens is 279 g/mol. The number of aliphatic hydroxyl groups is 1.